The van der Waals surface area contributed by atoms with Crippen molar-refractivity contribution in [2.24, 2.45) is 0 Å². The topological polar surface area (TPSA) is 44.8 Å². The number of methoxy groups -OCH3 is 1. The van der Waals surface area contributed by atoms with Crippen LogP contribution in [0.2, 0.25) is 0 Å². The zero-order valence-electron chi connectivity index (χ0n) is 16.3. The Morgan fingerprint density at radius 1 is 1.04 bits per heavy atom. The third kappa shape index (κ3) is 5.23. The van der Waals surface area contributed by atoms with Crippen molar-refractivity contribution >= 4 is 11.6 Å². The van der Waals surface area contributed by atoms with Crippen LogP contribution in [0.15, 0.2) is 48.5 Å². The fourth-order valence-corrected chi connectivity index (χ4v) is 3.39. The maximum absolute atomic E-state index is 12.5. The molecule has 2 aromatic carbocycles. The van der Waals surface area contributed by atoms with Crippen LogP contribution >= 0.6 is 0 Å². The molecular weight excluding hydrogens is 338 g/mol. The van der Waals surface area contributed by atoms with Gasteiger partial charge in [-0.25, -0.2) is 0 Å². The van der Waals surface area contributed by atoms with Crippen LogP contribution in [-0.4, -0.2) is 50.6 Å². The van der Waals surface area contributed by atoms with Gasteiger partial charge in [-0.2, -0.15) is 0 Å². The molecule has 1 N–H and O–H groups in total. The third-order valence-corrected chi connectivity index (χ3v) is 5.16. The van der Waals surface area contributed by atoms with Crippen molar-refractivity contribution < 1.29 is 9.53 Å². The van der Waals surface area contributed by atoms with Crippen LogP contribution < -0.4 is 15.0 Å². The lowest BCUT2D eigenvalue weighted by Crippen LogP contribution is -2.49. The molecule has 1 fully saturated rings. The van der Waals surface area contributed by atoms with Gasteiger partial charge < -0.3 is 19.9 Å². The summed E-state index contributed by atoms with van der Waals surface area (Å²) in [6.07, 6.45) is 0.550. The van der Waals surface area contributed by atoms with Crippen molar-refractivity contribution in [3.05, 3.63) is 59.7 Å². The fraction of sp³-hybridized carbons (Fsp3) is 0.409. The first-order valence-corrected chi connectivity index (χ1v) is 9.59. The number of nitrogens with zero attached hydrogens (tertiary/aromatic N) is 2. The van der Waals surface area contributed by atoms with Crippen molar-refractivity contribution in [1.29, 1.82) is 0 Å². The number of piperazine rings is 1. The Bertz CT molecular complexity index is 737. The van der Waals surface area contributed by atoms with Crippen molar-refractivity contribution in [3.8, 4) is 5.75 Å². The first-order chi connectivity index (χ1) is 13.2. The molecule has 144 valence electrons. The fourth-order valence-electron chi connectivity index (χ4n) is 3.39. The second kappa shape index (κ2) is 9.42. The summed E-state index contributed by atoms with van der Waals surface area (Å²) in [7, 11) is 1.68. The second-order valence-electron chi connectivity index (χ2n) is 6.92. The number of hydrogen-bond donors (Lipinski definition) is 1. The van der Waals surface area contributed by atoms with Crippen molar-refractivity contribution in [2.75, 3.05) is 44.7 Å². The molecule has 1 heterocycles. The largest absolute Gasteiger partial charge is 0.497 e. The van der Waals surface area contributed by atoms with E-state index in [0.29, 0.717) is 13.0 Å². The van der Waals surface area contributed by atoms with Crippen molar-refractivity contribution in [3.63, 3.8) is 0 Å². The Hall–Kier alpha value is -2.53. The molecule has 0 atom stereocenters. The van der Waals surface area contributed by atoms with Crippen molar-refractivity contribution in [2.45, 2.75) is 19.9 Å². The lowest BCUT2D eigenvalue weighted by molar-refractivity contribution is -0.131. The average molecular weight is 367 g/mol. The highest BCUT2D eigenvalue weighted by Crippen LogP contribution is 2.20. The molecule has 0 saturated carbocycles. The minimum Gasteiger partial charge on any atom is -0.497 e. The van der Waals surface area contributed by atoms with E-state index in [1.54, 1.807) is 7.11 Å². The van der Waals surface area contributed by atoms with Gasteiger partial charge in [0, 0.05) is 51.4 Å². The van der Waals surface area contributed by atoms with Gasteiger partial charge in [-0.3, -0.25) is 4.79 Å². The predicted molar refractivity (Wildman–Crippen MR) is 109 cm³/mol. The van der Waals surface area contributed by atoms with E-state index in [1.165, 1.54) is 16.8 Å². The van der Waals surface area contributed by atoms with Crippen LogP contribution in [0, 0.1) is 6.92 Å². The number of carbonyl (C=O) groups excluding carboxylic acids is 1. The van der Waals surface area contributed by atoms with E-state index >= 15 is 0 Å². The third-order valence-electron chi connectivity index (χ3n) is 5.16. The molecule has 1 aliphatic rings. The Kier molecular flexibility index (Phi) is 6.71. The second-order valence-corrected chi connectivity index (χ2v) is 6.92. The maximum Gasteiger partial charge on any atom is 0.223 e. The summed E-state index contributed by atoms with van der Waals surface area (Å²) in [5.41, 5.74) is 3.76. The molecule has 0 aromatic heterocycles. The van der Waals surface area contributed by atoms with Gasteiger partial charge in [-0.15, -0.1) is 0 Å². The quantitative estimate of drug-likeness (QED) is 0.765. The van der Waals surface area contributed by atoms with Gasteiger partial charge in [-0.05, 0) is 42.3 Å². The van der Waals surface area contributed by atoms with Crippen molar-refractivity contribution in [1.82, 2.24) is 10.2 Å². The van der Waals surface area contributed by atoms with Crippen LogP contribution in [0.1, 0.15) is 17.5 Å². The zero-order chi connectivity index (χ0) is 19.1. The summed E-state index contributed by atoms with van der Waals surface area (Å²) in [6.45, 7) is 6.94. The number of amides is 1. The Labute approximate surface area is 161 Å². The van der Waals surface area contributed by atoms with Gasteiger partial charge in [-0.1, -0.05) is 24.3 Å². The Morgan fingerprint density at radius 3 is 2.41 bits per heavy atom. The van der Waals surface area contributed by atoms with Gasteiger partial charge >= 0.3 is 0 Å². The molecule has 1 amide bonds. The summed E-state index contributed by atoms with van der Waals surface area (Å²) in [5.74, 6) is 1.10. The standard InChI is InChI=1S/C22H29N3O2/c1-18-5-3-4-6-19(18)17-23-12-11-22(26)25-15-13-24(14-16-25)20-7-9-21(27-2)10-8-20/h3-10,23H,11-17H2,1-2H3. The molecular formula is C22H29N3O2. The van der Waals surface area contributed by atoms with Crippen LogP contribution in [-0.2, 0) is 11.3 Å². The van der Waals surface area contributed by atoms with E-state index in [2.05, 4.69) is 47.5 Å². The molecule has 3 rings (SSSR count). The lowest BCUT2D eigenvalue weighted by Gasteiger charge is -2.36. The number of nitrogens with one attached hydrogen (secondary N) is 1. The van der Waals surface area contributed by atoms with Gasteiger partial charge in [0.15, 0.2) is 0 Å². The minimum atomic E-state index is 0.238. The van der Waals surface area contributed by atoms with E-state index < -0.39 is 0 Å². The smallest absolute Gasteiger partial charge is 0.223 e. The highest BCUT2D eigenvalue weighted by Gasteiger charge is 2.20. The number of ether oxygens (including phenoxy) is 1. The molecule has 5 nitrogen and oxygen atoms in total. The van der Waals surface area contributed by atoms with Crippen LogP contribution in [0.5, 0.6) is 5.75 Å². The minimum absolute atomic E-state index is 0.238. The Morgan fingerprint density at radius 2 is 1.74 bits per heavy atom. The van der Waals surface area contributed by atoms with Gasteiger partial charge in [0.05, 0.1) is 7.11 Å². The van der Waals surface area contributed by atoms with Gasteiger partial charge in [0.2, 0.25) is 5.91 Å². The van der Waals surface area contributed by atoms with E-state index in [9.17, 15) is 4.79 Å². The van der Waals surface area contributed by atoms with Gasteiger partial charge in [0.25, 0.3) is 0 Å². The summed E-state index contributed by atoms with van der Waals surface area (Å²) < 4.78 is 5.21. The summed E-state index contributed by atoms with van der Waals surface area (Å²) in [4.78, 5) is 16.8. The monoisotopic (exact) mass is 367 g/mol. The van der Waals surface area contributed by atoms with E-state index in [-0.39, 0.29) is 5.91 Å². The van der Waals surface area contributed by atoms with Gasteiger partial charge in [0.1, 0.15) is 5.75 Å². The lowest BCUT2D eigenvalue weighted by atomic mass is 10.1. The zero-order valence-corrected chi connectivity index (χ0v) is 16.3. The van der Waals surface area contributed by atoms with E-state index in [4.69, 9.17) is 4.74 Å². The van der Waals surface area contributed by atoms with E-state index in [1.807, 2.05) is 23.1 Å². The summed E-state index contributed by atoms with van der Waals surface area (Å²) in [6, 6.07) is 16.5. The maximum atomic E-state index is 12.5. The first kappa shape index (κ1) is 19.2. The highest BCUT2D eigenvalue weighted by molar-refractivity contribution is 5.76. The molecule has 0 unspecified atom stereocenters. The molecule has 2 aromatic rings. The number of anilines is 1. The number of hydrogen-bond acceptors (Lipinski definition) is 4. The summed E-state index contributed by atoms with van der Waals surface area (Å²) >= 11 is 0. The van der Waals surface area contributed by atoms with Crippen LogP contribution in [0.25, 0.3) is 0 Å². The molecule has 0 spiro atoms. The number of carbonyl (C=O) groups is 1. The molecule has 0 bridgehead atoms. The molecule has 0 radical (unpaired) electrons. The molecule has 0 aliphatic carbocycles. The number of benzene rings is 2. The number of aryl methyl sites for hydroxylation is 1. The average Bonchev–Trinajstić information content (AvgIpc) is 2.72. The summed E-state index contributed by atoms with van der Waals surface area (Å²) in [5, 5.41) is 3.39. The SMILES string of the molecule is COc1ccc(N2CCN(C(=O)CCNCc3ccccc3C)CC2)cc1. The Balaban J connectivity index is 1.38. The molecule has 1 saturated heterocycles. The predicted octanol–water partition coefficient (Wildman–Crippen LogP) is 2.83. The molecule has 27 heavy (non-hydrogen) atoms. The molecule has 1 aliphatic heterocycles. The normalized spacial score (nSPS) is 14.3. The highest BCUT2D eigenvalue weighted by atomic mass is 16.5. The van der Waals surface area contributed by atoms with E-state index in [0.717, 1.165) is 38.5 Å². The first-order valence-electron chi connectivity index (χ1n) is 9.59. The van der Waals surface area contributed by atoms with Crippen LogP contribution in [0.4, 0.5) is 5.69 Å². The van der Waals surface area contributed by atoms with Crippen LogP contribution in [0.3, 0.4) is 0 Å². The molecule has 5 heteroatoms. The number of rotatable bonds is 7.